The summed E-state index contributed by atoms with van der Waals surface area (Å²) in [6, 6.07) is 6.78. The van der Waals surface area contributed by atoms with E-state index >= 15 is 0 Å². The van der Waals surface area contributed by atoms with Crippen molar-refractivity contribution in [1.29, 1.82) is 0 Å². The largest absolute Gasteiger partial charge is 0.506 e. The van der Waals surface area contributed by atoms with Gasteiger partial charge in [-0.25, -0.2) is 24.3 Å². The Bertz CT molecular complexity index is 1120. The second-order valence-corrected chi connectivity index (χ2v) is 8.06. The SMILES string of the molecule is CC(C)N1CCC(c2cc(-c3nc(-c4ccnc(N)c4F)ccc3O)nc(N)n2)CC1.Cl.Cl.Cl.Cl. The van der Waals surface area contributed by atoms with Crippen LogP contribution in [0.25, 0.3) is 22.6 Å². The third kappa shape index (κ3) is 7.17. The van der Waals surface area contributed by atoms with Gasteiger partial charge >= 0.3 is 0 Å². The summed E-state index contributed by atoms with van der Waals surface area (Å²) in [5.74, 6) is -0.585. The number of aromatic nitrogens is 4. The van der Waals surface area contributed by atoms with Gasteiger partial charge in [0.15, 0.2) is 11.6 Å². The van der Waals surface area contributed by atoms with E-state index in [2.05, 4.69) is 38.7 Å². The lowest BCUT2D eigenvalue weighted by molar-refractivity contribution is 0.171. The molecule has 1 fully saturated rings. The number of halogens is 5. The zero-order valence-electron chi connectivity index (χ0n) is 19.2. The van der Waals surface area contributed by atoms with E-state index in [1.165, 1.54) is 24.4 Å². The molecule has 0 bridgehead atoms. The maximum absolute atomic E-state index is 14.4. The van der Waals surface area contributed by atoms with Crippen LogP contribution in [0.3, 0.4) is 0 Å². The summed E-state index contributed by atoms with van der Waals surface area (Å²) in [4.78, 5) is 19.4. The van der Waals surface area contributed by atoms with E-state index in [1.807, 2.05) is 6.07 Å². The summed E-state index contributed by atoms with van der Waals surface area (Å²) in [5, 5.41) is 10.4. The topological polar surface area (TPSA) is 127 Å². The maximum Gasteiger partial charge on any atom is 0.220 e. The summed E-state index contributed by atoms with van der Waals surface area (Å²) in [6.07, 6.45) is 3.34. The smallest absolute Gasteiger partial charge is 0.220 e. The highest BCUT2D eigenvalue weighted by atomic mass is 35.5. The molecule has 194 valence electrons. The lowest BCUT2D eigenvalue weighted by atomic mass is 9.92. The summed E-state index contributed by atoms with van der Waals surface area (Å²) in [7, 11) is 0. The van der Waals surface area contributed by atoms with Crippen molar-refractivity contribution in [3.05, 3.63) is 42.0 Å². The summed E-state index contributed by atoms with van der Waals surface area (Å²) in [5.41, 5.74) is 13.5. The lowest BCUT2D eigenvalue weighted by Gasteiger charge is -2.34. The molecule has 13 heteroatoms. The summed E-state index contributed by atoms with van der Waals surface area (Å²) < 4.78 is 14.4. The first-order chi connectivity index (χ1) is 14.8. The number of likely N-dealkylation sites (tertiary alicyclic amines) is 1. The van der Waals surface area contributed by atoms with Crippen LogP contribution in [0.4, 0.5) is 16.2 Å². The van der Waals surface area contributed by atoms with Gasteiger partial charge in [0.25, 0.3) is 0 Å². The molecule has 0 radical (unpaired) electrons. The molecule has 0 amide bonds. The van der Waals surface area contributed by atoms with E-state index in [-0.39, 0.29) is 84.3 Å². The van der Waals surface area contributed by atoms with Crippen molar-refractivity contribution in [3.63, 3.8) is 0 Å². The molecule has 4 rings (SSSR count). The van der Waals surface area contributed by atoms with Gasteiger partial charge in [-0.05, 0) is 64.0 Å². The number of rotatable bonds is 4. The lowest BCUT2D eigenvalue weighted by Crippen LogP contribution is -2.38. The number of aromatic hydroxyl groups is 1. The monoisotopic (exact) mass is 567 g/mol. The first-order valence-corrected chi connectivity index (χ1v) is 10.3. The second kappa shape index (κ2) is 13.8. The van der Waals surface area contributed by atoms with E-state index in [9.17, 15) is 9.50 Å². The van der Waals surface area contributed by atoms with Gasteiger partial charge in [-0.15, -0.1) is 49.6 Å². The van der Waals surface area contributed by atoms with Crippen LogP contribution < -0.4 is 11.5 Å². The molecule has 0 spiro atoms. The Morgan fingerprint density at radius 2 is 1.63 bits per heavy atom. The fourth-order valence-electron chi connectivity index (χ4n) is 3.98. The molecular formula is C22H30Cl4FN7O. The minimum Gasteiger partial charge on any atom is -0.506 e. The van der Waals surface area contributed by atoms with Crippen LogP contribution >= 0.6 is 49.6 Å². The van der Waals surface area contributed by atoms with Crippen molar-refractivity contribution < 1.29 is 9.50 Å². The van der Waals surface area contributed by atoms with Crippen molar-refractivity contribution in [2.45, 2.75) is 38.6 Å². The van der Waals surface area contributed by atoms with Crippen LogP contribution in [0.15, 0.2) is 30.5 Å². The molecule has 0 unspecified atom stereocenters. The van der Waals surface area contributed by atoms with Gasteiger partial charge in [0.2, 0.25) is 5.95 Å². The number of hydrogen-bond donors (Lipinski definition) is 3. The highest BCUT2D eigenvalue weighted by Crippen LogP contribution is 2.34. The molecule has 3 aromatic heterocycles. The van der Waals surface area contributed by atoms with Crippen LogP contribution in [0.5, 0.6) is 5.75 Å². The minimum atomic E-state index is -0.661. The average molecular weight is 569 g/mol. The van der Waals surface area contributed by atoms with Gasteiger partial charge in [-0.1, -0.05) is 0 Å². The van der Waals surface area contributed by atoms with Gasteiger partial charge in [0, 0.05) is 29.4 Å². The minimum absolute atomic E-state index is 0. The first-order valence-electron chi connectivity index (χ1n) is 10.3. The molecule has 1 aliphatic rings. The Labute approximate surface area is 228 Å². The van der Waals surface area contributed by atoms with Crippen LogP contribution in [-0.2, 0) is 0 Å². The molecule has 0 atom stereocenters. The van der Waals surface area contributed by atoms with Crippen molar-refractivity contribution >= 4 is 61.4 Å². The van der Waals surface area contributed by atoms with E-state index in [0.29, 0.717) is 17.4 Å². The quantitative estimate of drug-likeness (QED) is 0.406. The molecular weight excluding hydrogens is 539 g/mol. The molecule has 5 N–H and O–H groups in total. The molecule has 1 aliphatic heterocycles. The Morgan fingerprint density at radius 3 is 2.26 bits per heavy atom. The zero-order valence-corrected chi connectivity index (χ0v) is 22.5. The Hall–Kier alpha value is -2.17. The van der Waals surface area contributed by atoms with Gasteiger partial charge in [0.1, 0.15) is 11.4 Å². The van der Waals surface area contributed by atoms with Crippen molar-refractivity contribution in [3.8, 4) is 28.4 Å². The molecule has 35 heavy (non-hydrogen) atoms. The molecule has 8 nitrogen and oxygen atoms in total. The number of hydrogen-bond acceptors (Lipinski definition) is 8. The van der Waals surface area contributed by atoms with E-state index in [4.69, 9.17) is 11.5 Å². The van der Waals surface area contributed by atoms with Crippen LogP contribution in [0, 0.1) is 5.82 Å². The number of nitrogens with two attached hydrogens (primary N) is 2. The fourth-order valence-corrected chi connectivity index (χ4v) is 3.98. The van der Waals surface area contributed by atoms with E-state index in [1.54, 1.807) is 0 Å². The number of nitrogens with zero attached hydrogens (tertiary/aromatic N) is 5. The Morgan fingerprint density at radius 1 is 0.971 bits per heavy atom. The Kier molecular flexibility index (Phi) is 12.9. The highest BCUT2D eigenvalue weighted by Gasteiger charge is 2.24. The van der Waals surface area contributed by atoms with Crippen LogP contribution in [0.1, 0.15) is 38.3 Å². The number of anilines is 2. The second-order valence-electron chi connectivity index (χ2n) is 8.06. The molecule has 0 aliphatic carbocycles. The van der Waals surface area contributed by atoms with Gasteiger partial charge in [-0.2, -0.15) is 0 Å². The standard InChI is InChI=1S/C22H26FN7O.4ClH/c1-12(2)30-9-6-13(7-10-30)16-11-17(29-22(25)28-16)20-18(31)4-3-15(27-20)14-5-8-26-21(24)19(14)23;;;;/h3-5,8,11-13,31H,6-7,9-10H2,1-2H3,(H2,24,26)(H2,25,28,29);4*1H. The van der Waals surface area contributed by atoms with E-state index < -0.39 is 5.82 Å². The number of nitrogen functional groups attached to an aromatic ring is 2. The van der Waals surface area contributed by atoms with Crippen LogP contribution in [0.2, 0.25) is 0 Å². The summed E-state index contributed by atoms with van der Waals surface area (Å²) >= 11 is 0. The number of pyridine rings is 2. The van der Waals surface area contributed by atoms with Gasteiger partial charge in [-0.3, -0.25) is 0 Å². The molecule has 1 saturated heterocycles. The average Bonchev–Trinajstić information content (AvgIpc) is 2.76. The zero-order chi connectivity index (χ0) is 22.1. The van der Waals surface area contributed by atoms with Crippen molar-refractivity contribution in [2.75, 3.05) is 24.6 Å². The van der Waals surface area contributed by atoms with Gasteiger partial charge < -0.3 is 21.5 Å². The normalized spacial score (nSPS) is 13.7. The number of piperidine rings is 1. The molecule has 0 aromatic carbocycles. The predicted molar refractivity (Wildman–Crippen MR) is 147 cm³/mol. The third-order valence-corrected chi connectivity index (χ3v) is 5.75. The summed E-state index contributed by atoms with van der Waals surface area (Å²) in [6.45, 7) is 6.37. The van der Waals surface area contributed by atoms with Crippen LogP contribution in [-0.4, -0.2) is 49.1 Å². The molecule has 0 saturated carbocycles. The van der Waals surface area contributed by atoms with Crippen molar-refractivity contribution in [1.82, 2.24) is 24.8 Å². The third-order valence-electron chi connectivity index (χ3n) is 5.75. The highest BCUT2D eigenvalue weighted by molar-refractivity contribution is 5.86. The molecule has 4 heterocycles. The van der Waals surface area contributed by atoms with Crippen molar-refractivity contribution in [2.24, 2.45) is 0 Å². The van der Waals surface area contributed by atoms with E-state index in [0.717, 1.165) is 31.6 Å². The maximum atomic E-state index is 14.4. The predicted octanol–water partition coefficient (Wildman–Crippen LogP) is 4.88. The first kappa shape index (κ1) is 32.8. The molecule has 3 aromatic rings. The Balaban J connectivity index is 0.00000289. The fraction of sp³-hybridized carbons (Fsp3) is 0.364. The van der Waals surface area contributed by atoms with Gasteiger partial charge in [0.05, 0.1) is 11.4 Å².